The Bertz CT molecular complexity index is 230. The Morgan fingerprint density at radius 1 is 1.53 bits per heavy atom. The first-order chi connectivity index (χ1) is 6.93. The lowest BCUT2D eigenvalue weighted by molar-refractivity contribution is -0.187. The number of alkyl halides is 3. The van der Waals surface area contributed by atoms with E-state index in [1.54, 1.807) is 0 Å². The average Bonchev–Trinajstić information content (AvgIpc) is 2.17. The predicted octanol–water partition coefficient (Wildman–Crippen LogP) is 1.43. The van der Waals surface area contributed by atoms with Crippen LogP contribution >= 0.6 is 0 Å². The summed E-state index contributed by atoms with van der Waals surface area (Å²) in [6, 6.07) is 0. The summed E-state index contributed by atoms with van der Waals surface area (Å²) < 4.78 is 41.6. The molecule has 0 aromatic rings. The molecule has 0 aliphatic carbocycles. The van der Waals surface area contributed by atoms with Crippen LogP contribution in [-0.2, 0) is 9.53 Å². The minimum absolute atomic E-state index is 0.0525. The Kier molecular flexibility index (Phi) is 3.96. The minimum atomic E-state index is -4.16. The van der Waals surface area contributed by atoms with Crippen molar-refractivity contribution in [3.8, 4) is 0 Å². The summed E-state index contributed by atoms with van der Waals surface area (Å²) >= 11 is 0. The van der Waals surface area contributed by atoms with Gasteiger partial charge in [0.05, 0.1) is 19.6 Å². The zero-order chi connectivity index (χ0) is 11.5. The number of esters is 1. The largest absolute Gasteiger partial charge is 0.468 e. The molecule has 0 radical (unpaired) electrons. The number of ether oxygens (including phenoxy) is 1. The van der Waals surface area contributed by atoms with Crippen LogP contribution in [0.15, 0.2) is 0 Å². The van der Waals surface area contributed by atoms with Gasteiger partial charge in [0.15, 0.2) is 0 Å². The molecule has 1 fully saturated rings. The number of halogens is 3. The third kappa shape index (κ3) is 3.70. The summed E-state index contributed by atoms with van der Waals surface area (Å²) in [5, 5.41) is 0. The number of carbonyl (C=O) groups excluding carboxylic acids is 1. The zero-order valence-electron chi connectivity index (χ0n) is 8.51. The molecule has 3 nitrogen and oxygen atoms in total. The standard InChI is InChI=1S/C9H14F3NO2/c1-15-8(14)6-13-4-2-3-7(5-13)9(10,11)12/h7H,2-6H2,1H3. The van der Waals surface area contributed by atoms with Crippen molar-refractivity contribution in [1.82, 2.24) is 4.90 Å². The molecular weight excluding hydrogens is 211 g/mol. The van der Waals surface area contributed by atoms with E-state index in [1.807, 2.05) is 0 Å². The van der Waals surface area contributed by atoms with Crippen molar-refractivity contribution in [3.63, 3.8) is 0 Å². The third-order valence-electron chi connectivity index (χ3n) is 2.55. The molecule has 88 valence electrons. The highest BCUT2D eigenvalue weighted by Crippen LogP contribution is 2.32. The van der Waals surface area contributed by atoms with Gasteiger partial charge in [-0.2, -0.15) is 13.2 Å². The van der Waals surface area contributed by atoms with Crippen molar-refractivity contribution in [2.45, 2.75) is 19.0 Å². The first kappa shape index (κ1) is 12.3. The first-order valence-electron chi connectivity index (χ1n) is 4.79. The van der Waals surface area contributed by atoms with Crippen molar-refractivity contribution >= 4 is 5.97 Å². The van der Waals surface area contributed by atoms with Crippen LogP contribution in [0.2, 0.25) is 0 Å². The van der Waals surface area contributed by atoms with E-state index < -0.39 is 18.1 Å². The normalized spacial score (nSPS) is 23.9. The lowest BCUT2D eigenvalue weighted by atomic mass is 9.97. The van der Waals surface area contributed by atoms with Crippen molar-refractivity contribution in [2.24, 2.45) is 5.92 Å². The Hall–Kier alpha value is -0.780. The molecule has 0 bridgehead atoms. The zero-order valence-corrected chi connectivity index (χ0v) is 8.51. The molecule has 6 heteroatoms. The Morgan fingerprint density at radius 3 is 2.73 bits per heavy atom. The number of carbonyl (C=O) groups is 1. The molecule has 0 saturated carbocycles. The van der Waals surface area contributed by atoms with Gasteiger partial charge in [0.25, 0.3) is 0 Å². The van der Waals surface area contributed by atoms with Crippen LogP contribution in [0, 0.1) is 5.92 Å². The van der Waals surface area contributed by atoms with Crippen molar-refractivity contribution in [3.05, 3.63) is 0 Å². The van der Waals surface area contributed by atoms with Gasteiger partial charge in [-0.15, -0.1) is 0 Å². The van der Waals surface area contributed by atoms with Crippen molar-refractivity contribution in [1.29, 1.82) is 0 Å². The number of likely N-dealkylation sites (tertiary alicyclic amines) is 1. The summed E-state index contributed by atoms with van der Waals surface area (Å²) in [5.74, 6) is -1.80. The number of hydrogen-bond donors (Lipinski definition) is 0. The lowest BCUT2D eigenvalue weighted by Crippen LogP contribution is -2.43. The number of rotatable bonds is 2. The highest BCUT2D eigenvalue weighted by atomic mass is 19.4. The van der Waals surface area contributed by atoms with Crippen LogP contribution in [0.3, 0.4) is 0 Å². The first-order valence-corrected chi connectivity index (χ1v) is 4.79. The van der Waals surface area contributed by atoms with Gasteiger partial charge in [0, 0.05) is 6.54 Å². The maximum atomic E-state index is 12.4. The summed E-state index contributed by atoms with van der Waals surface area (Å²) in [7, 11) is 1.23. The molecule has 0 N–H and O–H groups in total. The van der Waals surface area contributed by atoms with Gasteiger partial charge < -0.3 is 4.74 Å². The molecule has 0 spiro atoms. The highest BCUT2D eigenvalue weighted by molar-refractivity contribution is 5.71. The van der Waals surface area contributed by atoms with E-state index in [1.165, 1.54) is 12.0 Å². The van der Waals surface area contributed by atoms with E-state index in [-0.39, 0.29) is 19.5 Å². The van der Waals surface area contributed by atoms with Crippen LogP contribution in [0.5, 0.6) is 0 Å². The number of nitrogens with zero attached hydrogens (tertiary/aromatic N) is 1. The molecule has 1 heterocycles. The third-order valence-corrected chi connectivity index (χ3v) is 2.55. The van der Waals surface area contributed by atoms with Gasteiger partial charge in [0.1, 0.15) is 0 Å². The summed E-state index contributed by atoms with van der Waals surface area (Å²) in [5.41, 5.74) is 0. The second kappa shape index (κ2) is 4.83. The maximum Gasteiger partial charge on any atom is 0.393 e. The quantitative estimate of drug-likeness (QED) is 0.666. The molecule has 15 heavy (non-hydrogen) atoms. The fourth-order valence-corrected chi connectivity index (χ4v) is 1.71. The van der Waals surface area contributed by atoms with E-state index >= 15 is 0 Å². The van der Waals surface area contributed by atoms with Crippen LogP contribution in [-0.4, -0.2) is 43.8 Å². The average molecular weight is 225 g/mol. The highest BCUT2D eigenvalue weighted by Gasteiger charge is 2.41. The van der Waals surface area contributed by atoms with Crippen molar-refractivity contribution < 1.29 is 22.7 Å². The molecule has 1 rings (SSSR count). The summed E-state index contributed by atoms with van der Waals surface area (Å²) in [4.78, 5) is 12.4. The monoisotopic (exact) mass is 225 g/mol. The fraction of sp³-hybridized carbons (Fsp3) is 0.889. The Balaban J connectivity index is 2.46. The molecule has 1 aliphatic rings. The molecule has 1 unspecified atom stereocenters. The molecule has 1 aliphatic heterocycles. The Labute approximate surface area is 86.2 Å². The summed E-state index contributed by atoms with van der Waals surface area (Å²) in [6.07, 6.45) is -3.53. The number of methoxy groups -OCH3 is 1. The Morgan fingerprint density at radius 2 is 2.20 bits per heavy atom. The van der Waals surface area contributed by atoms with E-state index in [2.05, 4.69) is 4.74 Å². The van der Waals surface area contributed by atoms with E-state index in [0.717, 1.165) is 0 Å². The van der Waals surface area contributed by atoms with Gasteiger partial charge in [-0.25, -0.2) is 0 Å². The molecule has 1 atom stereocenters. The van der Waals surface area contributed by atoms with E-state index in [4.69, 9.17) is 0 Å². The number of piperidine rings is 1. The molecule has 1 saturated heterocycles. The molecular formula is C9H14F3NO2. The van der Waals surface area contributed by atoms with Gasteiger partial charge in [-0.3, -0.25) is 9.69 Å². The van der Waals surface area contributed by atoms with Gasteiger partial charge in [-0.1, -0.05) is 0 Å². The van der Waals surface area contributed by atoms with E-state index in [0.29, 0.717) is 13.0 Å². The van der Waals surface area contributed by atoms with Crippen LogP contribution in [0.1, 0.15) is 12.8 Å². The molecule has 0 aromatic heterocycles. The number of hydrogen-bond acceptors (Lipinski definition) is 3. The van der Waals surface area contributed by atoms with Crippen LogP contribution < -0.4 is 0 Å². The topological polar surface area (TPSA) is 29.5 Å². The molecule has 0 aromatic carbocycles. The van der Waals surface area contributed by atoms with E-state index in [9.17, 15) is 18.0 Å². The van der Waals surface area contributed by atoms with Crippen LogP contribution in [0.25, 0.3) is 0 Å². The maximum absolute atomic E-state index is 12.4. The minimum Gasteiger partial charge on any atom is -0.468 e. The van der Waals surface area contributed by atoms with Gasteiger partial charge in [-0.05, 0) is 19.4 Å². The second-order valence-electron chi connectivity index (χ2n) is 3.69. The van der Waals surface area contributed by atoms with Gasteiger partial charge >= 0.3 is 12.1 Å². The smallest absolute Gasteiger partial charge is 0.393 e. The summed E-state index contributed by atoms with van der Waals surface area (Å²) in [6.45, 7) is 0.378. The SMILES string of the molecule is COC(=O)CN1CCCC(C(F)(F)F)C1. The predicted molar refractivity (Wildman–Crippen MR) is 47.2 cm³/mol. The lowest BCUT2D eigenvalue weighted by Gasteiger charge is -2.32. The fourth-order valence-electron chi connectivity index (χ4n) is 1.71. The van der Waals surface area contributed by atoms with Crippen LogP contribution in [0.4, 0.5) is 13.2 Å². The van der Waals surface area contributed by atoms with Crippen molar-refractivity contribution in [2.75, 3.05) is 26.7 Å². The molecule has 0 amide bonds. The second-order valence-corrected chi connectivity index (χ2v) is 3.69. The van der Waals surface area contributed by atoms with Gasteiger partial charge in [0.2, 0.25) is 0 Å².